The van der Waals surface area contributed by atoms with Crippen LogP contribution in [0.5, 0.6) is 0 Å². The summed E-state index contributed by atoms with van der Waals surface area (Å²) in [4.78, 5) is 4.30. The standard InChI is InChI=1S/C16H19N/c1-3-13-6-5-7-15(9-8-13)16-10-14(4-2)11-17-12-16/h5-13H,3-4H2,1-2H3. The van der Waals surface area contributed by atoms with Crippen molar-refractivity contribution in [3.05, 3.63) is 60.0 Å². The summed E-state index contributed by atoms with van der Waals surface area (Å²) in [5, 5.41) is 0. The maximum Gasteiger partial charge on any atom is 0.0346 e. The van der Waals surface area contributed by atoms with E-state index in [0.29, 0.717) is 5.92 Å². The summed E-state index contributed by atoms with van der Waals surface area (Å²) in [6, 6.07) is 2.23. The second kappa shape index (κ2) is 5.62. The van der Waals surface area contributed by atoms with Crippen molar-refractivity contribution in [3.8, 4) is 0 Å². The van der Waals surface area contributed by atoms with Gasteiger partial charge in [0.25, 0.3) is 0 Å². The highest BCUT2D eigenvalue weighted by atomic mass is 14.6. The molecule has 0 radical (unpaired) electrons. The van der Waals surface area contributed by atoms with Gasteiger partial charge in [-0.3, -0.25) is 4.98 Å². The smallest absolute Gasteiger partial charge is 0.0346 e. The molecule has 1 aliphatic rings. The van der Waals surface area contributed by atoms with Crippen molar-refractivity contribution in [1.82, 2.24) is 4.98 Å². The average Bonchev–Trinajstić information content (AvgIpc) is 2.64. The number of aryl methyl sites for hydroxylation is 1. The minimum Gasteiger partial charge on any atom is -0.264 e. The summed E-state index contributed by atoms with van der Waals surface area (Å²) in [6.45, 7) is 4.37. The summed E-state index contributed by atoms with van der Waals surface area (Å²) >= 11 is 0. The van der Waals surface area contributed by atoms with Crippen LogP contribution >= 0.6 is 0 Å². The van der Waals surface area contributed by atoms with Crippen molar-refractivity contribution in [1.29, 1.82) is 0 Å². The van der Waals surface area contributed by atoms with Gasteiger partial charge in [-0.05, 0) is 36.0 Å². The van der Waals surface area contributed by atoms with E-state index in [2.05, 4.69) is 55.3 Å². The van der Waals surface area contributed by atoms with E-state index in [9.17, 15) is 0 Å². The lowest BCUT2D eigenvalue weighted by molar-refractivity contribution is 0.775. The highest BCUT2D eigenvalue weighted by Gasteiger charge is 2.03. The van der Waals surface area contributed by atoms with Crippen LogP contribution in [-0.2, 0) is 6.42 Å². The van der Waals surface area contributed by atoms with Gasteiger partial charge in [0, 0.05) is 18.0 Å². The maximum atomic E-state index is 4.30. The summed E-state index contributed by atoms with van der Waals surface area (Å²) in [5.41, 5.74) is 3.75. The molecule has 17 heavy (non-hydrogen) atoms. The van der Waals surface area contributed by atoms with Crippen molar-refractivity contribution in [2.45, 2.75) is 26.7 Å². The molecule has 0 aliphatic heterocycles. The Hall–Kier alpha value is -1.63. The normalized spacial score (nSPS) is 18.9. The molecule has 1 heterocycles. The number of nitrogens with zero attached hydrogens (tertiary/aromatic N) is 1. The lowest BCUT2D eigenvalue weighted by Gasteiger charge is -2.04. The van der Waals surface area contributed by atoms with Gasteiger partial charge < -0.3 is 0 Å². The Balaban J connectivity index is 2.28. The molecular weight excluding hydrogens is 206 g/mol. The Morgan fingerprint density at radius 3 is 2.82 bits per heavy atom. The second-order valence-electron chi connectivity index (χ2n) is 4.37. The number of rotatable bonds is 3. The van der Waals surface area contributed by atoms with Gasteiger partial charge in [-0.2, -0.15) is 0 Å². The monoisotopic (exact) mass is 225 g/mol. The molecule has 0 spiro atoms. The topological polar surface area (TPSA) is 12.9 Å². The van der Waals surface area contributed by atoms with Crippen LogP contribution in [0.1, 0.15) is 31.4 Å². The number of pyridine rings is 1. The van der Waals surface area contributed by atoms with Gasteiger partial charge in [-0.1, -0.05) is 44.2 Å². The largest absolute Gasteiger partial charge is 0.264 e. The predicted molar refractivity (Wildman–Crippen MR) is 73.7 cm³/mol. The zero-order valence-electron chi connectivity index (χ0n) is 10.6. The highest BCUT2D eigenvalue weighted by Crippen LogP contribution is 2.21. The van der Waals surface area contributed by atoms with Crippen LogP contribution in [0.2, 0.25) is 0 Å². The zero-order valence-corrected chi connectivity index (χ0v) is 10.6. The molecule has 1 aromatic heterocycles. The zero-order chi connectivity index (χ0) is 12.1. The van der Waals surface area contributed by atoms with Crippen molar-refractivity contribution >= 4 is 5.57 Å². The van der Waals surface area contributed by atoms with E-state index in [1.807, 2.05) is 12.4 Å². The molecule has 1 aliphatic carbocycles. The fraction of sp³-hybridized carbons (Fsp3) is 0.312. The fourth-order valence-corrected chi connectivity index (χ4v) is 1.95. The number of hydrogen-bond donors (Lipinski definition) is 0. The molecule has 1 nitrogen and oxygen atoms in total. The number of allylic oxidation sites excluding steroid dienone is 6. The Morgan fingerprint density at radius 2 is 2.06 bits per heavy atom. The molecule has 88 valence electrons. The molecule has 2 rings (SSSR count). The van der Waals surface area contributed by atoms with Gasteiger partial charge in [0.2, 0.25) is 0 Å². The fourth-order valence-electron chi connectivity index (χ4n) is 1.95. The van der Waals surface area contributed by atoms with Crippen LogP contribution in [0, 0.1) is 5.92 Å². The highest BCUT2D eigenvalue weighted by molar-refractivity contribution is 5.75. The third kappa shape index (κ3) is 2.94. The third-order valence-electron chi connectivity index (χ3n) is 3.16. The summed E-state index contributed by atoms with van der Waals surface area (Å²) < 4.78 is 0. The molecule has 0 amide bonds. The van der Waals surface area contributed by atoms with Crippen molar-refractivity contribution < 1.29 is 0 Å². The van der Waals surface area contributed by atoms with E-state index in [1.165, 1.54) is 16.7 Å². The Labute approximate surface area is 104 Å². The van der Waals surface area contributed by atoms with Gasteiger partial charge in [0.1, 0.15) is 0 Å². The van der Waals surface area contributed by atoms with Crippen LogP contribution in [0.25, 0.3) is 5.57 Å². The molecule has 1 aromatic rings. The van der Waals surface area contributed by atoms with E-state index in [-0.39, 0.29) is 0 Å². The van der Waals surface area contributed by atoms with E-state index >= 15 is 0 Å². The summed E-state index contributed by atoms with van der Waals surface area (Å²) in [6.07, 6.45) is 17.1. The van der Waals surface area contributed by atoms with Crippen molar-refractivity contribution in [3.63, 3.8) is 0 Å². The van der Waals surface area contributed by atoms with Crippen molar-refractivity contribution in [2.24, 2.45) is 5.92 Å². The maximum absolute atomic E-state index is 4.30. The van der Waals surface area contributed by atoms with Crippen molar-refractivity contribution in [2.75, 3.05) is 0 Å². The van der Waals surface area contributed by atoms with Gasteiger partial charge in [0.15, 0.2) is 0 Å². The van der Waals surface area contributed by atoms with E-state index in [1.54, 1.807) is 0 Å². The lowest BCUT2D eigenvalue weighted by atomic mass is 10.0. The van der Waals surface area contributed by atoms with Crippen LogP contribution in [0.15, 0.2) is 48.8 Å². The Morgan fingerprint density at radius 1 is 1.18 bits per heavy atom. The Bertz CT molecular complexity index is 466. The molecule has 1 heteroatoms. The van der Waals surface area contributed by atoms with Gasteiger partial charge in [-0.15, -0.1) is 0 Å². The molecule has 0 fully saturated rings. The molecule has 0 aromatic carbocycles. The first-order valence-corrected chi connectivity index (χ1v) is 6.34. The van der Waals surface area contributed by atoms with Crippen LogP contribution < -0.4 is 0 Å². The minimum absolute atomic E-state index is 0.561. The first-order valence-electron chi connectivity index (χ1n) is 6.34. The quantitative estimate of drug-likeness (QED) is 0.752. The van der Waals surface area contributed by atoms with Gasteiger partial charge >= 0.3 is 0 Å². The Kier molecular flexibility index (Phi) is 3.92. The van der Waals surface area contributed by atoms with E-state index in [4.69, 9.17) is 0 Å². The minimum atomic E-state index is 0.561. The molecule has 0 saturated carbocycles. The number of aromatic nitrogens is 1. The molecule has 0 N–H and O–H groups in total. The molecular formula is C16H19N. The van der Waals surface area contributed by atoms with E-state index < -0.39 is 0 Å². The molecule has 1 unspecified atom stereocenters. The molecule has 0 bridgehead atoms. The van der Waals surface area contributed by atoms with E-state index in [0.717, 1.165) is 12.8 Å². The first-order chi connectivity index (χ1) is 8.33. The average molecular weight is 225 g/mol. The van der Waals surface area contributed by atoms with Crippen LogP contribution in [0.4, 0.5) is 0 Å². The van der Waals surface area contributed by atoms with Gasteiger partial charge in [0.05, 0.1) is 0 Å². The van der Waals surface area contributed by atoms with Crippen LogP contribution in [-0.4, -0.2) is 4.98 Å². The lowest BCUT2D eigenvalue weighted by Crippen LogP contribution is -1.89. The second-order valence-corrected chi connectivity index (χ2v) is 4.37. The number of hydrogen-bond acceptors (Lipinski definition) is 1. The van der Waals surface area contributed by atoms with Crippen LogP contribution in [0.3, 0.4) is 0 Å². The third-order valence-corrected chi connectivity index (χ3v) is 3.16. The first kappa shape index (κ1) is 11.8. The SMILES string of the molecule is CCc1cncc(C2=CC=CC(CC)C=C2)c1. The molecule has 0 saturated heterocycles. The van der Waals surface area contributed by atoms with Gasteiger partial charge in [-0.25, -0.2) is 0 Å². The summed E-state index contributed by atoms with van der Waals surface area (Å²) in [5.74, 6) is 0.561. The summed E-state index contributed by atoms with van der Waals surface area (Å²) in [7, 11) is 0. The molecule has 1 atom stereocenters. The predicted octanol–water partition coefficient (Wildman–Crippen LogP) is 4.18.